The summed E-state index contributed by atoms with van der Waals surface area (Å²) in [4.78, 5) is 14.1. The van der Waals surface area contributed by atoms with Crippen LogP contribution < -0.4 is 5.32 Å². The van der Waals surface area contributed by atoms with Crippen molar-refractivity contribution in [3.8, 4) is 0 Å². The third-order valence-corrected chi connectivity index (χ3v) is 3.77. The summed E-state index contributed by atoms with van der Waals surface area (Å²) in [5.74, 6) is 0.818. The molecule has 0 aliphatic heterocycles. The van der Waals surface area contributed by atoms with Crippen molar-refractivity contribution in [2.24, 2.45) is 0 Å². The molecule has 0 aliphatic carbocycles. The molecule has 2 rings (SSSR count). The van der Waals surface area contributed by atoms with Crippen LogP contribution in [-0.4, -0.2) is 15.0 Å². The Labute approximate surface area is 105 Å². The van der Waals surface area contributed by atoms with Crippen LogP contribution in [0.3, 0.4) is 0 Å². The van der Waals surface area contributed by atoms with E-state index in [4.69, 9.17) is 0 Å². The van der Waals surface area contributed by atoms with Gasteiger partial charge in [-0.1, -0.05) is 0 Å². The summed E-state index contributed by atoms with van der Waals surface area (Å²) < 4.78 is 0. The van der Waals surface area contributed by atoms with E-state index in [1.165, 1.54) is 4.88 Å². The van der Waals surface area contributed by atoms with Crippen LogP contribution >= 0.6 is 11.3 Å². The van der Waals surface area contributed by atoms with E-state index in [2.05, 4.69) is 34.1 Å². The molecular weight excluding hydrogens is 232 g/mol. The molecule has 0 saturated heterocycles. The fraction of sp³-hybridized carbons (Fsp3) is 0.417. The number of aryl methyl sites for hydroxylation is 2. The summed E-state index contributed by atoms with van der Waals surface area (Å²) in [5.41, 5.74) is 1.11. The van der Waals surface area contributed by atoms with Crippen LogP contribution in [-0.2, 0) is 6.54 Å². The molecule has 4 nitrogen and oxygen atoms in total. The summed E-state index contributed by atoms with van der Waals surface area (Å²) in [6, 6.07) is 2.11. The first-order valence-electron chi connectivity index (χ1n) is 5.60. The standard InChI is InChI=1S/C12H16N4S/c1-8(12-9(2)16-10(3)17-12)15-7-11-13-5-4-6-14-11/h4-6,8,15H,7H2,1-3H3. The van der Waals surface area contributed by atoms with Crippen LogP contribution in [0, 0.1) is 13.8 Å². The van der Waals surface area contributed by atoms with Gasteiger partial charge in [0, 0.05) is 23.3 Å². The fourth-order valence-corrected chi connectivity index (χ4v) is 2.66. The summed E-state index contributed by atoms with van der Waals surface area (Å²) in [6.45, 7) is 6.91. The number of nitrogens with one attached hydrogen (secondary N) is 1. The third-order valence-electron chi connectivity index (χ3n) is 2.52. The van der Waals surface area contributed by atoms with Gasteiger partial charge in [0.15, 0.2) is 0 Å². The highest BCUT2D eigenvalue weighted by Gasteiger charge is 2.12. The van der Waals surface area contributed by atoms with Crippen molar-refractivity contribution in [3.63, 3.8) is 0 Å². The quantitative estimate of drug-likeness (QED) is 0.902. The highest BCUT2D eigenvalue weighted by atomic mass is 32.1. The maximum atomic E-state index is 4.43. The van der Waals surface area contributed by atoms with E-state index in [9.17, 15) is 0 Å². The van der Waals surface area contributed by atoms with Crippen molar-refractivity contribution >= 4 is 11.3 Å². The number of aromatic nitrogens is 3. The Morgan fingerprint density at radius 3 is 2.59 bits per heavy atom. The van der Waals surface area contributed by atoms with Gasteiger partial charge in [-0.3, -0.25) is 0 Å². The van der Waals surface area contributed by atoms with Crippen LogP contribution in [0.4, 0.5) is 0 Å². The molecule has 1 unspecified atom stereocenters. The van der Waals surface area contributed by atoms with Crippen LogP contribution in [0.1, 0.15) is 34.4 Å². The van der Waals surface area contributed by atoms with Crippen molar-refractivity contribution in [1.29, 1.82) is 0 Å². The van der Waals surface area contributed by atoms with E-state index < -0.39 is 0 Å². The van der Waals surface area contributed by atoms with E-state index in [0.717, 1.165) is 16.5 Å². The van der Waals surface area contributed by atoms with Crippen molar-refractivity contribution < 1.29 is 0 Å². The van der Waals surface area contributed by atoms with Crippen LogP contribution in [0.2, 0.25) is 0 Å². The van der Waals surface area contributed by atoms with Gasteiger partial charge in [0.2, 0.25) is 0 Å². The zero-order chi connectivity index (χ0) is 12.3. The van der Waals surface area contributed by atoms with Gasteiger partial charge >= 0.3 is 0 Å². The van der Waals surface area contributed by atoms with Gasteiger partial charge in [-0.15, -0.1) is 11.3 Å². The minimum absolute atomic E-state index is 0.282. The number of thiazole rings is 1. The molecule has 0 aliphatic rings. The number of rotatable bonds is 4. The minimum atomic E-state index is 0.282. The molecule has 90 valence electrons. The zero-order valence-corrected chi connectivity index (χ0v) is 11.1. The molecule has 0 aromatic carbocycles. The predicted octanol–water partition coefficient (Wildman–Crippen LogP) is 2.40. The molecule has 5 heteroatoms. The highest BCUT2D eigenvalue weighted by molar-refractivity contribution is 7.11. The third kappa shape index (κ3) is 3.08. The van der Waals surface area contributed by atoms with E-state index in [0.29, 0.717) is 6.54 Å². The van der Waals surface area contributed by atoms with Crippen molar-refractivity contribution in [1.82, 2.24) is 20.3 Å². The molecule has 1 atom stereocenters. The molecule has 0 bridgehead atoms. The van der Waals surface area contributed by atoms with Gasteiger partial charge in [0.05, 0.1) is 17.2 Å². The molecule has 2 heterocycles. The monoisotopic (exact) mass is 248 g/mol. The van der Waals surface area contributed by atoms with Gasteiger partial charge < -0.3 is 5.32 Å². The highest BCUT2D eigenvalue weighted by Crippen LogP contribution is 2.24. The number of hydrogen-bond acceptors (Lipinski definition) is 5. The second-order valence-corrected chi connectivity index (χ2v) is 5.18. The minimum Gasteiger partial charge on any atom is -0.302 e. The van der Waals surface area contributed by atoms with Crippen LogP contribution in [0.5, 0.6) is 0 Å². The molecule has 0 radical (unpaired) electrons. The Balaban J connectivity index is 1.98. The SMILES string of the molecule is Cc1nc(C)c(C(C)NCc2ncccn2)s1. The first-order chi connectivity index (χ1) is 8.16. The zero-order valence-electron chi connectivity index (χ0n) is 10.3. The normalized spacial score (nSPS) is 12.6. The van der Waals surface area contributed by atoms with Crippen molar-refractivity contribution in [3.05, 3.63) is 39.9 Å². The lowest BCUT2D eigenvalue weighted by molar-refractivity contribution is 0.563. The second kappa shape index (κ2) is 5.33. The van der Waals surface area contributed by atoms with Gasteiger partial charge in [-0.25, -0.2) is 15.0 Å². The van der Waals surface area contributed by atoms with E-state index >= 15 is 0 Å². The molecule has 2 aromatic rings. The maximum Gasteiger partial charge on any atom is 0.141 e. The Morgan fingerprint density at radius 1 is 1.29 bits per heavy atom. The Bertz CT molecular complexity index is 481. The average molecular weight is 248 g/mol. The Morgan fingerprint density at radius 2 is 2.00 bits per heavy atom. The van der Waals surface area contributed by atoms with Gasteiger partial charge in [-0.2, -0.15) is 0 Å². The Kier molecular flexibility index (Phi) is 3.81. The predicted molar refractivity (Wildman–Crippen MR) is 68.9 cm³/mol. The smallest absolute Gasteiger partial charge is 0.141 e. The molecule has 0 fully saturated rings. The summed E-state index contributed by atoms with van der Waals surface area (Å²) in [6.07, 6.45) is 3.52. The second-order valence-electron chi connectivity index (χ2n) is 3.95. The number of hydrogen-bond donors (Lipinski definition) is 1. The van der Waals surface area contributed by atoms with Crippen molar-refractivity contribution in [2.75, 3.05) is 0 Å². The van der Waals surface area contributed by atoms with E-state index in [-0.39, 0.29) is 6.04 Å². The molecule has 17 heavy (non-hydrogen) atoms. The average Bonchev–Trinajstić information content (AvgIpc) is 2.67. The molecule has 2 aromatic heterocycles. The summed E-state index contributed by atoms with van der Waals surface area (Å²) >= 11 is 1.74. The molecule has 0 spiro atoms. The van der Waals surface area contributed by atoms with Crippen LogP contribution in [0.25, 0.3) is 0 Å². The lowest BCUT2D eigenvalue weighted by Gasteiger charge is -2.11. The molecule has 0 amide bonds. The Hall–Kier alpha value is -1.33. The molecular formula is C12H16N4S. The maximum absolute atomic E-state index is 4.43. The molecule has 1 N–H and O–H groups in total. The van der Waals surface area contributed by atoms with Crippen LogP contribution in [0.15, 0.2) is 18.5 Å². The fourth-order valence-electron chi connectivity index (χ4n) is 1.71. The number of nitrogens with zero attached hydrogens (tertiary/aromatic N) is 3. The first kappa shape index (κ1) is 12.1. The van der Waals surface area contributed by atoms with Gasteiger partial charge in [0.25, 0.3) is 0 Å². The topological polar surface area (TPSA) is 50.7 Å². The lowest BCUT2D eigenvalue weighted by Crippen LogP contribution is -2.19. The van der Waals surface area contributed by atoms with Crippen molar-refractivity contribution in [2.45, 2.75) is 33.4 Å². The lowest BCUT2D eigenvalue weighted by atomic mass is 10.2. The first-order valence-corrected chi connectivity index (χ1v) is 6.41. The largest absolute Gasteiger partial charge is 0.302 e. The molecule has 0 saturated carbocycles. The van der Waals surface area contributed by atoms with E-state index in [1.807, 2.05) is 13.0 Å². The summed E-state index contributed by atoms with van der Waals surface area (Å²) in [7, 11) is 0. The summed E-state index contributed by atoms with van der Waals surface area (Å²) in [5, 5.41) is 4.53. The van der Waals surface area contributed by atoms with Gasteiger partial charge in [0.1, 0.15) is 5.82 Å². The van der Waals surface area contributed by atoms with E-state index in [1.54, 1.807) is 23.7 Å². The van der Waals surface area contributed by atoms with Gasteiger partial charge in [-0.05, 0) is 26.8 Å².